The summed E-state index contributed by atoms with van der Waals surface area (Å²) >= 11 is 9.14. The van der Waals surface area contributed by atoms with Crippen molar-refractivity contribution in [3.63, 3.8) is 0 Å². The number of benzene rings is 1. The van der Waals surface area contributed by atoms with E-state index in [0.29, 0.717) is 17.6 Å². The lowest BCUT2D eigenvalue weighted by Gasteiger charge is -2.23. The molecule has 1 fully saturated rings. The second kappa shape index (κ2) is 6.51. The standard InChI is InChI=1S/C11H14BrClN2O3S/c12-9-2-1-3-10(13)11(9)19(16,17)15-7-8-6-14-4-5-18-8/h1-3,8,14-15H,4-7H2. The minimum Gasteiger partial charge on any atom is -0.374 e. The molecule has 1 heterocycles. The quantitative estimate of drug-likeness (QED) is 0.841. The molecule has 1 aromatic carbocycles. The van der Waals surface area contributed by atoms with Crippen LogP contribution in [0.1, 0.15) is 0 Å². The monoisotopic (exact) mass is 368 g/mol. The van der Waals surface area contributed by atoms with Crippen LogP contribution in [0.25, 0.3) is 0 Å². The van der Waals surface area contributed by atoms with E-state index >= 15 is 0 Å². The molecule has 0 spiro atoms. The number of hydrogen-bond acceptors (Lipinski definition) is 4. The molecule has 2 N–H and O–H groups in total. The predicted octanol–water partition coefficient (Wildman–Crippen LogP) is 1.37. The lowest BCUT2D eigenvalue weighted by atomic mass is 10.3. The molecule has 0 amide bonds. The van der Waals surface area contributed by atoms with E-state index in [-0.39, 0.29) is 22.6 Å². The highest BCUT2D eigenvalue weighted by molar-refractivity contribution is 9.10. The number of halogens is 2. The summed E-state index contributed by atoms with van der Waals surface area (Å²) < 4.78 is 32.8. The maximum Gasteiger partial charge on any atom is 0.243 e. The fraction of sp³-hybridized carbons (Fsp3) is 0.455. The van der Waals surface area contributed by atoms with E-state index in [1.807, 2.05) is 0 Å². The van der Waals surface area contributed by atoms with Crippen molar-refractivity contribution in [1.29, 1.82) is 0 Å². The molecule has 1 aliphatic heterocycles. The average Bonchev–Trinajstić information content (AvgIpc) is 2.37. The van der Waals surface area contributed by atoms with E-state index in [4.69, 9.17) is 16.3 Å². The fourth-order valence-electron chi connectivity index (χ4n) is 1.76. The van der Waals surface area contributed by atoms with Crippen LogP contribution >= 0.6 is 27.5 Å². The van der Waals surface area contributed by atoms with Gasteiger partial charge in [0.25, 0.3) is 0 Å². The van der Waals surface area contributed by atoms with E-state index in [9.17, 15) is 8.42 Å². The Balaban J connectivity index is 2.09. The van der Waals surface area contributed by atoms with Gasteiger partial charge < -0.3 is 10.1 Å². The minimum absolute atomic E-state index is 0.0560. The number of nitrogens with one attached hydrogen (secondary N) is 2. The van der Waals surface area contributed by atoms with Gasteiger partial charge in [-0.1, -0.05) is 17.7 Å². The third-order valence-electron chi connectivity index (χ3n) is 2.69. The Labute approximate surface area is 125 Å². The lowest BCUT2D eigenvalue weighted by molar-refractivity contribution is 0.0324. The smallest absolute Gasteiger partial charge is 0.243 e. The Morgan fingerprint density at radius 1 is 1.53 bits per heavy atom. The highest BCUT2D eigenvalue weighted by atomic mass is 79.9. The van der Waals surface area contributed by atoms with Crippen LogP contribution in [0.4, 0.5) is 0 Å². The molecule has 0 aromatic heterocycles. The molecule has 2 rings (SSSR count). The second-order valence-corrected chi connectivity index (χ2v) is 7.06. The third-order valence-corrected chi connectivity index (χ3v) is 5.57. The number of morpholine rings is 1. The van der Waals surface area contributed by atoms with Gasteiger partial charge in [-0.2, -0.15) is 0 Å². The van der Waals surface area contributed by atoms with Crippen molar-refractivity contribution in [2.45, 2.75) is 11.0 Å². The summed E-state index contributed by atoms with van der Waals surface area (Å²) in [6.07, 6.45) is -0.162. The van der Waals surface area contributed by atoms with Gasteiger partial charge in [0.1, 0.15) is 4.90 Å². The molecule has 106 valence electrons. The van der Waals surface area contributed by atoms with Crippen molar-refractivity contribution in [3.05, 3.63) is 27.7 Å². The summed E-state index contributed by atoms with van der Waals surface area (Å²) in [5.74, 6) is 0. The summed E-state index contributed by atoms with van der Waals surface area (Å²) in [4.78, 5) is 0.0560. The van der Waals surface area contributed by atoms with Crippen LogP contribution in [-0.2, 0) is 14.8 Å². The molecule has 5 nitrogen and oxygen atoms in total. The normalized spacial score (nSPS) is 20.4. The Kier molecular flexibility index (Phi) is 5.22. The van der Waals surface area contributed by atoms with Gasteiger partial charge in [-0.3, -0.25) is 0 Å². The molecule has 0 radical (unpaired) electrons. The summed E-state index contributed by atoms with van der Waals surface area (Å²) in [6.45, 7) is 2.22. The zero-order valence-electron chi connectivity index (χ0n) is 10.0. The van der Waals surface area contributed by atoms with Gasteiger partial charge in [0.2, 0.25) is 10.0 Å². The SMILES string of the molecule is O=S(=O)(NCC1CNCCO1)c1c(Cl)cccc1Br. The Morgan fingerprint density at radius 3 is 2.95 bits per heavy atom. The number of sulfonamides is 1. The number of ether oxygens (including phenoxy) is 1. The first-order chi connectivity index (χ1) is 9.00. The largest absolute Gasteiger partial charge is 0.374 e. The molecular formula is C11H14BrClN2O3S. The molecule has 0 saturated carbocycles. The first kappa shape index (κ1) is 15.2. The molecule has 0 aliphatic carbocycles. The van der Waals surface area contributed by atoms with Crippen LogP contribution in [0.3, 0.4) is 0 Å². The molecule has 1 aliphatic rings. The van der Waals surface area contributed by atoms with Crippen molar-refractivity contribution in [3.8, 4) is 0 Å². The molecule has 0 bridgehead atoms. The summed E-state index contributed by atoms with van der Waals surface area (Å²) in [5, 5.41) is 3.32. The molecule has 1 unspecified atom stereocenters. The number of hydrogen-bond donors (Lipinski definition) is 2. The molecule has 8 heteroatoms. The predicted molar refractivity (Wildman–Crippen MR) is 77.0 cm³/mol. The van der Waals surface area contributed by atoms with Crippen molar-refractivity contribution < 1.29 is 13.2 Å². The maximum absolute atomic E-state index is 12.2. The van der Waals surface area contributed by atoms with Crippen molar-refractivity contribution in [2.24, 2.45) is 0 Å². The zero-order valence-corrected chi connectivity index (χ0v) is 13.2. The highest BCUT2D eigenvalue weighted by Crippen LogP contribution is 2.28. The van der Waals surface area contributed by atoms with E-state index < -0.39 is 10.0 Å². The van der Waals surface area contributed by atoms with Crippen molar-refractivity contribution >= 4 is 37.6 Å². The van der Waals surface area contributed by atoms with Crippen LogP contribution < -0.4 is 10.0 Å². The number of rotatable bonds is 4. The molecule has 1 saturated heterocycles. The van der Waals surface area contributed by atoms with E-state index in [2.05, 4.69) is 26.0 Å². The molecule has 1 aromatic rings. The van der Waals surface area contributed by atoms with Crippen molar-refractivity contribution in [1.82, 2.24) is 10.0 Å². The summed E-state index contributed by atoms with van der Waals surface area (Å²) in [5.41, 5.74) is 0. The van der Waals surface area contributed by atoms with Crippen LogP contribution in [0.15, 0.2) is 27.6 Å². The molecular weight excluding hydrogens is 356 g/mol. The first-order valence-electron chi connectivity index (χ1n) is 5.77. The minimum atomic E-state index is -3.66. The lowest BCUT2D eigenvalue weighted by Crippen LogP contribution is -2.45. The summed E-state index contributed by atoms with van der Waals surface area (Å²) in [6, 6.07) is 4.86. The topological polar surface area (TPSA) is 67.4 Å². The van der Waals surface area contributed by atoms with Gasteiger partial charge in [-0.25, -0.2) is 13.1 Å². The fourth-order valence-corrected chi connectivity index (χ4v) is 4.56. The average molecular weight is 370 g/mol. The zero-order chi connectivity index (χ0) is 13.9. The molecule has 1 atom stereocenters. The van der Waals surface area contributed by atoms with Gasteiger partial charge in [0.15, 0.2) is 0 Å². The third kappa shape index (κ3) is 3.90. The van der Waals surface area contributed by atoms with Gasteiger partial charge >= 0.3 is 0 Å². The van der Waals surface area contributed by atoms with E-state index in [0.717, 1.165) is 6.54 Å². The van der Waals surface area contributed by atoms with Gasteiger partial charge in [0, 0.05) is 24.1 Å². The Bertz CT molecular complexity index is 527. The van der Waals surface area contributed by atoms with E-state index in [1.165, 1.54) is 0 Å². The first-order valence-corrected chi connectivity index (χ1v) is 8.42. The Hall–Kier alpha value is -0.180. The highest BCUT2D eigenvalue weighted by Gasteiger charge is 2.23. The van der Waals surface area contributed by atoms with Crippen LogP contribution in [0, 0.1) is 0 Å². The van der Waals surface area contributed by atoms with Gasteiger partial charge in [-0.15, -0.1) is 0 Å². The van der Waals surface area contributed by atoms with E-state index in [1.54, 1.807) is 18.2 Å². The van der Waals surface area contributed by atoms with Gasteiger partial charge in [-0.05, 0) is 28.1 Å². The van der Waals surface area contributed by atoms with Crippen molar-refractivity contribution in [2.75, 3.05) is 26.2 Å². The Morgan fingerprint density at radius 2 is 2.32 bits per heavy atom. The van der Waals surface area contributed by atoms with Crippen LogP contribution in [0.5, 0.6) is 0 Å². The maximum atomic E-state index is 12.2. The second-order valence-electron chi connectivity index (χ2n) is 4.10. The molecule has 19 heavy (non-hydrogen) atoms. The summed E-state index contributed by atoms with van der Waals surface area (Å²) in [7, 11) is -3.66. The van der Waals surface area contributed by atoms with Crippen LogP contribution in [-0.4, -0.2) is 40.8 Å². The van der Waals surface area contributed by atoms with Crippen LogP contribution in [0.2, 0.25) is 5.02 Å². The van der Waals surface area contributed by atoms with Gasteiger partial charge in [0.05, 0.1) is 17.7 Å².